The molecule has 236 valence electrons. The third-order valence-electron chi connectivity index (χ3n) is 8.09. The van der Waals surface area contributed by atoms with Gasteiger partial charge in [-0.3, -0.25) is 9.59 Å². The van der Waals surface area contributed by atoms with Crippen molar-refractivity contribution < 1.29 is 23.8 Å². The highest BCUT2D eigenvalue weighted by Crippen LogP contribution is 2.28. The minimum absolute atomic E-state index is 0.237. The number of carbonyl (C=O) groups excluding carboxylic acids is 2. The fraction of sp³-hybridized carbons (Fsp3) is 0.444. The highest BCUT2D eigenvalue weighted by Gasteiger charge is 2.23. The number of benzene rings is 3. The topological polar surface area (TPSA) is 80.3 Å². The molecule has 1 fully saturated rings. The van der Waals surface area contributed by atoms with Crippen molar-refractivity contribution in [2.45, 2.75) is 64.7 Å². The summed E-state index contributed by atoms with van der Waals surface area (Å²) in [7, 11) is 5.84. The van der Waals surface area contributed by atoms with E-state index in [1.54, 1.807) is 19.2 Å². The average Bonchev–Trinajstić information content (AvgIpc) is 3.03. The first-order chi connectivity index (χ1) is 21.3. The second-order valence-electron chi connectivity index (χ2n) is 11.7. The average molecular weight is 602 g/mol. The number of ether oxygens (including phenoxy) is 3. The van der Waals surface area contributed by atoms with E-state index < -0.39 is 0 Å². The largest absolute Gasteiger partial charge is 0.491 e. The fourth-order valence-corrected chi connectivity index (χ4v) is 5.44. The van der Waals surface area contributed by atoms with Crippen molar-refractivity contribution in [3.05, 3.63) is 89.0 Å². The van der Waals surface area contributed by atoms with E-state index in [1.165, 1.54) is 0 Å². The monoisotopic (exact) mass is 601 g/mol. The number of nitrogens with zero attached hydrogens (tertiary/aromatic N) is 2. The van der Waals surface area contributed by atoms with Gasteiger partial charge in [-0.05, 0) is 94.6 Å². The molecule has 2 amide bonds. The molecule has 1 saturated heterocycles. The van der Waals surface area contributed by atoms with E-state index in [2.05, 4.69) is 24.3 Å². The van der Waals surface area contributed by atoms with Crippen molar-refractivity contribution in [2.75, 3.05) is 46.2 Å². The third-order valence-corrected chi connectivity index (χ3v) is 8.09. The molecule has 0 spiro atoms. The van der Waals surface area contributed by atoms with Crippen LogP contribution in [-0.2, 0) is 22.7 Å². The summed E-state index contributed by atoms with van der Waals surface area (Å²) in [5.74, 6) is 1.34. The van der Waals surface area contributed by atoms with Crippen LogP contribution in [0.25, 0.3) is 0 Å². The maximum atomic E-state index is 13.3. The number of carbonyl (C=O) groups is 2. The second kappa shape index (κ2) is 16.8. The number of rotatable bonds is 15. The quantitative estimate of drug-likeness (QED) is 0.201. The zero-order valence-electron chi connectivity index (χ0n) is 26.6. The molecule has 8 nitrogen and oxygen atoms in total. The minimum Gasteiger partial charge on any atom is -0.491 e. The summed E-state index contributed by atoms with van der Waals surface area (Å²) in [6, 6.07) is 21.7. The summed E-state index contributed by atoms with van der Waals surface area (Å²) >= 11 is 0. The van der Waals surface area contributed by atoms with Crippen molar-refractivity contribution in [1.29, 1.82) is 0 Å². The first-order valence-electron chi connectivity index (χ1n) is 15.6. The number of likely N-dealkylation sites (tertiary alicyclic amines) is 1. The van der Waals surface area contributed by atoms with Crippen molar-refractivity contribution in [1.82, 2.24) is 9.80 Å². The van der Waals surface area contributed by atoms with Gasteiger partial charge in [0.25, 0.3) is 5.91 Å². The lowest BCUT2D eigenvalue weighted by molar-refractivity contribution is -0.132. The molecular formula is C36H47N3O5. The maximum Gasteiger partial charge on any atom is 0.255 e. The van der Waals surface area contributed by atoms with E-state index in [-0.39, 0.29) is 11.8 Å². The first-order valence-corrected chi connectivity index (χ1v) is 15.6. The molecule has 0 unspecified atom stereocenters. The van der Waals surface area contributed by atoms with E-state index in [0.29, 0.717) is 55.0 Å². The van der Waals surface area contributed by atoms with Crippen LogP contribution in [0, 0.1) is 6.92 Å². The Balaban J connectivity index is 1.26. The summed E-state index contributed by atoms with van der Waals surface area (Å²) in [5, 5.41) is 3.02. The van der Waals surface area contributed by atoms with Crippen LogP contribution in [0.3, 0.4) is 0 Å². The molecule has 0 bridgehead atoms. The van der Waals surface area contributed by atoms with Gasteiger partial charge in [0.05, 0.1) is 18.9 Å². The highest BCUT2D eigenvalue weighted by atomic mass is 16.5. The molecule has 1 aliphatic rings. The molecule has 3 aromatic rings. The summed E-state index contributed by atoms with van der Waals surface area (Å²) in [6.07, 6.45) is 5.27. The van der Waals surface area contributed by atoms with Crippen molar-refractivity contribution in [3.63, 3.8) is 0 Å². The van der Waals surface area contributed by atoms with E-state index in [1.807, 2.05) is 66.4 Å². The third kappa shape index (κ3) is 9.82. The van der Waals surface area contributed by atoms with Crippen LogP contribution in [0.1, 0.15) is 65.6 Å². The molecule has 3 aromatic carbocycles. The summed E-state index contributed by atoms with van der Waals surface area (Å²) in [5.41, 5.74) is 4.03. The van der Waals surface area contributed by atoms with Gasteiger partial charge < -0.3 is 29.3 Å². The number of aryl methyl sites for hydroxylation is 1. The van der Waals surface area contributed by atoms with Crippen molar-refractivity contribution in [3.8, 4) is 11.5 Å². The molecular weight excluding hydrogens is 554 g/mol. The van der Waals surface area contributed by atoms with Crippen LogP contribution in [0.5, 0.6) is 11.5 Å². The molecule has 1 aliphatic heterocycles. The van der Waals surface area contributed by atoms with Gasteiger partial charge in [-0.1, -0.05) is 36.4 Å². The molecule has 4 rings (SSSR count). The Hall–Kier alpha value is -3.88. The van der Waals surface area contributed by atoms with Gasteiger partial charge in [-0.2, -0.15) is 0 Å². The number of unbranched alkanes of at least 4 members (excludes halogenated alkanes) is 2. The van der Waals surface area contributed by atoms with Crippen LogP contribution >= 0.6 is 0 Å². The van der Waals surface area contributed by atoms with E-state index in [0.717, 1.165) is 61.9 Å². The van der Waals surface area contributed by atoms with Crippen LogP contribution in [0.4, 0.5) is 5.69 Å². The number of amides is 2. The first kappa shape index (κ1) is 33.0. The lowest BCUT2D eigenvalue weighted by atomic mass is 10.0. The Morgan fingerprint density at radius 1 is 0.886 bits per heavy atom. The van der Waals surface area contributed by atoms with Gasteiger partial charge in [0, 0.05) is 43.8 Å². The lowest BCUT2D eigenvalue weighted by Gasteiger charge is -2.35. The van der Waals surface area contributed by atoms with E-state index in [4.69, 9.17) is 14.2 Å². The number of hydrogen-bond acceptors (Lipinski definition) is 6. The summed E-state index contributed by atoms with van der Waals surface area (Å²) in [4.78, 5) is 30.2. The molecule has 0 aliphatic carbocycles. The predicted octanol–water partition coefficient (Wildman–Crippen LogP) is 6.46. The van der Waals surface area contributed by atoms with Gasteiger partial charge in [-0.25, -0.2) is 0 Å². The van der Waals surface area contributed by atoms with Crippen LogP contribution < -0.4 is 14.8 Å². The SMILES string of the molecule is COCc1cc(C(=O)Nc2ccc(C)cc2OCCCCCC(=O)N2CCC(N(C)C)CC2)ccc1OCc1ccccc1. The molecule has 1 heterocycles. The molecule has 1 N–H and O–H groups in total. The van der Waals surface area contributed by atoms with Crippen LogP contribution in [-0.4, -0.2) is 68.6 Å². The Kier molecular flexibility index (Phi) is 12.6. The van der Waals surface area contributed by atoms with Crippen molar-refractivity contribution in [2.24, 2.45) is 0 Å². The van der Waals surface area contributed by atoms with Gasteiger partial charge >= 0.3 is 0 Å². The Bertz CT molecular complexity index is 1350. The minimum atomic E-state index is -0.237. The standard InChI is InChI=1S/C36H47N3O5/c1-27-14-16-32(34(23-27)43-22-10-6-9-13-35(40)39-20-18-31(19-21-39)38(2)3)37-36(41)29-15-17-33(30(24-29)26-42-4)44-25-28-11-7-5-8-12-28/h5,7-8,11-12,14-17,23-24,31H,6,9-10,13,18-22,25-26H2,1-4H3,(H,37,41). The number of piperidine rings is 1. The number of hydrogen-bond donors (Lipinski definition) is 1. The molecule has 0 aromatic heterocycles. The fourth-order valence-electron chi connectivity index (χ4n) is 5.44. The Morgan fingerprint density at radius 2 is 1.66 bits per heavy atom. The number of nitrogens with one attached hydrogen (secondary N) is 1. The maximum absolute atomic E-state index is 13.3. The molecule has 0 radical (unpaired) electrons. The molecule has 0 saturated carbocycles. The number of anilines is 1. The number of methoxy groups -OCH3 is 1. The van der Waals surface area contributed by atoms with Gasteiger partial charge in [0.15, 0.2) is 0 Å². The smallest absolute Gasteiger partial charge is 0.255 e. The normalized spacial score (nSPS) is 13.6. The van der Waals surface area contributed by atoms with Gasteiger partial charge in [-0.15, -0.1) is 0 Å². The highest BCUT2D eigenvalue weighted by molar-refractivity contribution is 6.05. The summed E-state index contributed by atoms with van der Waals surface area (Å²) in [6.45, 7) is 4.97. The molecule has 44 heavy (non-hydrogen) atoms. The molecule has 8 heteroatoms. The second-order valence-corrected chi connectivity index (χ2v) is 11.7. The zero-order chi connectivity index (χ0) is 31.3. The lowest BCUT2D eigenvalue weighted by Crippen LogP contribution is -2.44. The predicted molar refractivity (Wildman–Crippen MR) is 174 cm³/mol. The van der Waals surface area contributed by atoms with Gasteiger partial charge in [0.2, 0.25) is 5.91 Å². The van der Waals surface area contributed by atoms with E-state index in [9.17, 15) is 9.59 Å². The zero-order valence-corrected chi connectivity index (χ0v) is 26.6. The van der Waals surface area contributed by atoms with Crippen molar-refractivity contribution >= 4 is 17.5 Å². The van der Waals surface area contributed by atoms with Crippen LogP contribution in [0.15, 0.2) is 66.7 Å². The van der Waals surface area contributed by atoms with Crippen LogP contribution in [0.2, 0.25) is 0 Å². The Labute approximate surface area is 262 Å². The molecule has 0 atom stereocenters. The Morgan fingerprint density at radius 3 is 2.39 bits per heavy atom. The summed E-state index contributed by atoms with van der Waals surface area (Å²) < 4.78 is 17.5. The van der Waals surface area contributed by atoms with Gasteiger partial charge in [0.1, 0.15) is 18.1 Å². The van der Waals surface area contributed by atoms with E-state index >= 15 is 0 Å².